The number of ether oxygens (including phenoxy) is 1. The summed E-state index contributed by atoms with van der Waals surface area (Å²) in [6, 6.07) is 13.6. The zero-order valence-electron chi connectivity index (χ0n) is 18.7. The molecule has 1 amide bonds. The second kappa shape index (κ2) is 9.37. The number of rotatable bonds is 5. The van der Waals surface area contributed by atoms with Gasteiger partial charge in [0.25, 0.3) is 5.91 Å². The number of amides is 1. The third-order valence-electron chi connectivity index (χ3n) is 6.25. The molecule has 3 aromatic rings. The van der Waals surface area contributed by atoms with Crippen LogP contribution in [0.4, 0.5) is 5.69 Å². The fraction of sp³-hybridized carbons (Fsp3) is 0.385. The first-order valence-corrected chi connectivity index (χ1v) is 11.6. The molecule has 6 heteroatoms. The number of nitrogens with one attached hydrogen (secondary N) is 1. The van der Waals surface area contributed by atoms with E-state index in [0.29, 0.717) is 16.5 Å². The molecule has 0 atom stereocenters. The number of esters is 1. The van der Waals surface area contributed by atoms with Gasteiger partial charge in [-0.25, -0.2) is 0 Å². The van der Waals surface area contributed by atoms with Gasteiger partial charge >= 0.3 is 5.97 Å². The average Bonchev–Trinajstić information content (AvgIpc) is 3.09. The minimum Gasteiger partial charge on any atom is -0.463 e. The summed E-state index contributed by atoms with van der Waals surface area (Å²) in [6.07, 6.45) is 5.43. The van der Waals surface area contributed by atoms with Crippen LogP contribution in [0.15, 0.2) is 48.7 Å². The van der Waals surface area contributed by atoms with Crippen molar-refractivity contribution < 1.29 is 14.3 Å². The topological polar surface area (TPSA) is 60.3 Å². The standard InChI is InChI=1S/C26H29ClN2O3/c1-16(2)32-26(31)19-6-4-17(5-7-19)18-8-11-21(12-9-18)28-25(30)23-15-29(3)24-13-10-20(27)14-22(23)24/h8-17,19H,4-7H2,1-3H3,(H,28,30). The quantitative estimate of drug-likeness (QED) is 0.461. The number of aryl methyl sites for hydroxylation is 1. The number of hydrogen-bond acceptors (Lipinski definition) is 3. The molecular formula is C26H29ClN2O3. The normalized spacial score (nSPS) is 18.7. The molecule has 1 aromatic heterocycles. The maximum atomic E-state index is 12.9. The van der Waals surface area contributed by atoms with Crippen LogP contribution >= 0.6 is 11.6 Å². The molecule has 0 aliphatic heterocycles. The maximum absolute atomic E-state index is 12.9. The molecule has 0 spiro atoms. The Bertz CT molecular complexity index is 1130. The molecule has 5 nitrogen and oxygen atoms in total. The minimum absolute atomic E-state index is 0.0152. The van der Waals surface area contributed by atoms with Crippen molar-refractivity contribution in [1.29, 1.82) is 0 Å². The van der Waals surface area contributed by atoms with E-state index in [2.05, 4.69) is 17.4 Å². The van der Waals surface area contributed by atoms with Crippen molar-refractivity contribution in [1.82, 2.24) is 4.57 Å². The number of carbonyl (C=O) groups is 2. The van der Waals surface area contributed by atoms with Crippen molar-refractivity contribution >= 4 is 40.1 Å². The smallest absolute Gasteiger partial charge is 0.309 e. The summed E-state index contributed by atoms with van der Waals surface area (Å²) in [6.45, 7) is 3.78. The predicted molar refractivity (Wildman–Crippen MR) is 128 cm³/mol. The molecule has 0 unspecified atom stereocenters. The van der Waals surface area contributed by atoms with Crippen molar-refractivity contribution in [3.63, 3.8) is 0 Å². The van der Waals surface area contributed by atoms with Gasteiger partial charge in [-0.05, 0) is 81.3 Å². The van der Waals surface area contributed by atoms with Gasteiger partial charge in [-0.2, -0.15) is 0 Å². The van der Waals surface area contributed by atoms with E-state index in [1.807, 2.05) is 62.0 Å². The first-order valence-electron chi connectivity index (χ1n) is 11.2. The molecule has 1 saturated carbocycles. The lowest BCUT2D eigenvalue weighted by Gasteiger charge is -2.28. The fourth-order valence-corrected chi connectivity index (χ4v) is 4.75. The van der Waals surface area contributed by atoms with E-state index in [4.69, 9.17) is 16.3 Å². The van der Waals surface area contributed by atoms with Crippen LogP contribution in [0, 0.1) is 5.92 Å². The molecular weight excluding hydrogens is 424 g/mol. The summed E-state index contributed by atoms with van der Waals surface area (Å²) in [7, 11) is 1.92. The molecule has 0 bridgehead atoms. The summed E-state index contributed by atoms with van der Waals surface area (Å²) < 4.78 is 7.29. The van der Waals surface area contributed by atoms with Gasteiger partial charge in [0.2, 0.25) is 0 Å². The number of fused-ring (bicyclic) bond motifs is 1. The van der Waals surface area contributed by atoms with E-state index in [-0.39, 0.29) is 23.9 Å². The Hall–Kier alpha value is -2.79. The lowest BCUT2D eigenvalue weighted by molar-refractivity contribution is -0.153. The Labute approximate surface area is 193 Å². The van der Waals surface area contributed by atoms with Gasteiger partial charge in [-0.1, -0.05) is 23.7 Å². The number of anilines is 1. The molecule has 168 valence electrons. The van der Waals surface area contributed by atoms with E-state index in [1.54, 1.807) is 0 Å². The van der Waals surface area contributed by atoms with E-state index >= 15 is 0 Å². The van der Waals surface area contributed by atoms with Crippen LogP contribution in [0.25, 0.3) is 10.9 Å². The Morgan fingerprint density at radius 1 is 1.06 bits per heavy atom. The fourth-order valence-electron chi connectivity index (χ4n) is 4.57. The second-order valence-corrected chi connectivity index (χ2v) is 9.36. The predicted octanol–water partition coefficient (Wildman–Crippen LogP) is 6.31. The average molecular weight is 453 g/mol. The van der Waals surface area contributed by atoms with Crippen LogP contribution in [0.5, 0.6) is 0 Å². The summed E-state index contributed by atoms with van der Waals surface area (Å²) >= 11 is 6.14. The second-order valence-electron chi connectivity index (χ2n) is 8.93. The van der Waals surface area contributed by atoms with Gasteiger partial charge in [-0.15, -0.1) is 0 Å². The van der Waals surface area contributed by atoms with Gasteiger partial charge in [0.1, 0.15) is 0 Å². The Balaban J connectivity index is 1.39. The first kappa shape index (κ1) is 22.4. The van der Waals surface area contributed by atoms with Gasteiger partial charge in [0, 0.05) is 34.9 Å². The molecule has 1 aliphatic rings. The zero-order valence-corrected chi connectivity index (χ0v) is 19.5. The Morgan fingerprint density at radius 3 is 2.41 bits per heavy atom. The van der Waals surface area contributed by atoms with Gasteiger partial charge in [0.05, 0.1) is 17.6 Å². The van der Waals surface area contributed by atoms with Crippen LogP contribution in [-0.2, 0) is 16.6 Å². The minimum atomic E-state index is -0.158. The molecule has 0 saturated heterocycles. The maximum Gasteiger partial charge on any atom is 0.309 e. The van der Waals surface area contributed by atoms with Crippen LogP contribution in [-0.4, -0.2) is 22.5 Å². The van der Waals surface area contributed by atoms with E-state index in [9.17, 15) is 9.59 Å². The summed E-state index contributed by atoms with van der Waals surface area (Å²) in [5, 5.41) is 4.44. The molecule has 2 aromatic carbocycles. The summed E-state index contributed by atoms with van der Waals surface area (Å²) in [5.74, 6) is 0.227. The lowest BCUT2D eigenvalue weighted by Crippen LogP contribution is -2.25. The molecule has 0 radical (unpaired) electrons. The van der Waals surface area contributed by atoms with E-state index < -0.39 is 0 Å². The number of benzene rings is 2. The highest BCUT2D eigenvalue weighted by molar-refractivity contribution is 6.31. The summed E-state index contributed by atoms with van der Waals surface area (Å²) in [5.41, 5.74) is 3.56. The highest BCUT2D eigenvalue weighted by atomic mass is 35.5. The third kappa shape index (κ3) is 4.83. The highest BCUT2D eigenvalue weighted by Crippen LogP contribution is 2.37. The zero-order chi connectivity index (χ0) is 22.8. The SMILES string of the molecule is CC(C)OC(=O)C1CCC(c2ccc(NC(=O)c3cn(C)c4ccc(Cl)cc34)cc2)CC1. The van der Waals surface area contributed by atoms with Crippen molar-refractivity contribution in [2.75, 3.05) is 5.32 Å². The first-order chi connectivity index (χ1) is 15.3. The largest absolute Gasteiger partial charge is 0.463 e. The number of halogens is 1. The number of carbonyl (C=O) groups excluding carboxylic acids is 2. The van der Waals surface area contributed by atoms with Crippen LogP contribution < -0.4 is 5.32 Å². The molecule has 1 aliphatic carbocycles. The van der Waals surface area contributed by atoms with E-state index in [0.717, 1.165) is 42.3 Å². The van der Waals surface area contributed by atoms with Crippen molar-refractivity contribution in [3.8, 4) is 0 Å². The lowest BCUT2D eigenvalue weighted by atomic mass is 9.78. The Morgan fingerprint density at radius 2 is 1.75 bits per heavy atom. The van der Waals surface area contributed by atoms with Gasteiger partial charge < -0.3 is 14.6 Å². The van der Waals surface area contributed by atoms with Crippen molar-refractivity contribution in [2.24, 2.45) is 13.0 Å². The van der Waals surface area contributed by atoms with Gasteiger partial charge in [-0.3, -0.25) is 9.59 Å². The summed E-state index contributed by atoms with van der Waals surface area (Å²) in [4.78, 5) is 25.1. The Kier molecular flexibility index (Phi) is 6.56. The molecule has 4 rings (SSSR count). The molecule has 1 heterocycles. The number of hydrogen-bond donors (Lipinski definition) is 1. The number of aromatic nitrogens is 1. The van der Waals surface area contributed by atoms with Crippen LogP contribution in [0.3, 0.4) is 0 Å². The molecule has 1 N–H and O–H groups in total. The van der Waals surface area contributed by atoms with E-state index in [1.165, 1.54) is 5.56 Å². The van der Waals surface area contributed by atoms with Gasteiger partial charge in [0.15, 0.2) is 0 Å². The highest BCUT2D eigenvalue weighted by Gasteiger charge is 2.28. The monoisotopic (exact) mass is 452 g/mol. The van der Waals surface area contributed by atoms with Crippen LogP contribution in [0.1, 0.15) is 61.4 Å². The number of nitrogens with zero attached hydrogens (tertiary/aromatic N) is 1. The van der Waals surface area contributed by atoms with Crippen molar-refractivity contribution in [2.45, 2.75) is 51.6 Å². The third-order valence-corrected chi connectivity index (χ3v) is 6.48. The van der Waals surface area contributed by atoms with Crippen LogP contribution in [0.2, 0.25) is 5.02 Å². The van der Waals surface area contributed by atoms with Crippen molar-refractivity contribution in [3.05, 3.63) is 64.8 Å². The molecule has 32 heavy (non-hydrogen) atoms. The molecule has 1 fully saturated rings.